The van der Waals surface area contributed by atoms with E-state index >= 15 is 0 Å². The molecule has 0 aliphatic heterocycles. The Morgan fingerprint density at radius 3 is 2.32 bits per heavy atom. The number of hydrogen-bond donors (Lipinski definition) is 0. The van der Waals surface area contributed by atoms with Gasteiger partial charge in [-0.25, -0.2) is 8.78 Å². The van der Waals surface area contributed by atoms with Gasteiger partial charge >= 0.3 is 0 Å². The first kappa shape index (κ1) is 22.7. The van der Waals surface area contributed by atoms with Crippen molar-refractivity contribution in [2.24, 2.45) is 0 Å². The Labute approximate surface area is 181 Å². The minimum Gasteiger partial charge on any atom is -0.457 e. The topological polar surface area (TPSA) is 49.9 Å². The smallest absolute Gasteiger partial charge is 0.267 e. The Balaban J connectivity index is 1.94. The third kappa shape index (κ3) is 5.03. The number of ether oxygens (including phenoxy) is 1. The van der Waals surface area contributed by atoms with Gasteiger partial charge in [0.05, 0.1) is 5.56 Å². The Bertz CT molecular complexity index is 969. The summed E-state index contributed by atoms with van der Waals surface area (Å²) < 4.78 is 33.5. The summed E-state index contributed by atoms with van der Waals surface area (Å²) in [5.41, 5.74) is 1.38. The highest BCUT2D eigenvalue weighted by atomic mass is 19.3. The van der Waals surface area contributed by atoms with Gasteiger partial charge in [0.15, 0.2) is 0 Å². The molecule has 2 amide bonds. The van der Waals surface area contributed by atoms with Crippen LogP contribution in [0.15, 0.2) is 36.4 Å². The molecule has 1 aliphatic carbocycles. The molecular formula is C24H28F2N2O3. The quantitative estimate of drug-likeness (QED) is 0.589. The minimum atomic E-state index is -2.78. The molecule has 1 fully saturated rings. The number of anilines is 1. The predicted octanol–water partition coefficient (Wildman–Crippen LogP) is 5.72. The van der Waals surface area contributed by atoms with Crippen molar-refractivity contribution in [1.29, 1.82) is 0 Å². The van der Waals surface area contributed by atoms with Crippen molar-refractivity contribution in [3.05, 3.63) is 53.1 Å². The molecule has 166 valence electrons. The van der Waals surface area contributed by atoms with Crippen LogP contribution in [0.5, 0.6) is 11.5 Å². The van der Waals surface area contributed by atoms with E-state index in [2.05, 4.69) is 0 Å². The lowest BCUT2D eigenvalue weighted by Gasteiger charge is -2.28. The average Bonchev–Trinajstić information content (AvgIpc) is 3.23. The van der Waals surface area contributed by atoms with Crippen LogP contribution in [0.25, 0.3) is 0 Å². The second kappa shape index (κ2) is 9.45. The lowest BCUT2D eigenvalue weighted by molar-refractivity contribution is -0.117. The second-order valence-electron chi connectivity index (χ2n) is 8.13. The van der Waals surface area contributed by atoms with Gasteiger partial charge in [-0.05, 0) is 55.7 Å². The van der Waals surface area contributed by atoms with E-state index in [1.165, 1.54) is 24.0 Å². The molecule has 0 atom stereocenters. The predicted molar refractivity (Wildman–Crippen MR) is 116 cm³/mol. The van der Waals surface area contributed by atoms with Crippen molar-refractivity contribution in [2.75, 3.05) is 19.0 Å². The highest BCUT2D eigenvalue weighted by Gasteiger charge is 2.27. The van der Waals surface area contributed by atoms with E-state index < -0.39 is 6.43 Å². The van der Waals surface area contributed by atoms with Crippen LogP contribution in [0, 0.1) is 6.92 Å². The molecule has 0 saturated heterocycles. The monoisotopic (exact) mass is 430 g/mol. The first-order valence-corrected chi connectivity index (χ1v) is 10.4. The molecule has 7 heteroatoms. The molecule has 1 saturated carbocycles. The number of halogens is 2. The summed E-state index contributed by atoms with van der Waals surface area (Å²) >= 11 is 0. The Morgan fingerprint density at radius 1 is 1.06 bits per heavy atom. The molecule has 2 aromatic carbocycles. The summed E-state index contributed by atoms with van der Waals surface area (Å²) in [6.45, 7) is 3.26. The molecule has 31 heavy (non-hydrogen) atoms. The number of carbonyl (C=O) groups excluding carboxylic acids is 2. The van der Waals surface area contributed by atoms with Crippen LogP contribution >= 0.6 is 0 Å². The van der Waals surface area contributed by atoms with Crippen molar-refractivity contribution in [1.82, 2.24) is 4.90 Å². The first-order chi connectivity index (χ1) is 14.7. The van der Waals surface area contributed by atoms with E-state index in [1.807, 2.05) is 0 Å². The van der Waals surface area contributed by atoms with E-state index in [9.17, 15) is 18.4 Å². The van der Waals surface area contributed by atoms with Crippen LogP contribution in [0.4, 0.5) is 14.5 Å². The van der Waals surface area contributed by atoms with E-state index in [0.29, 0.717) is 17.0 Å². The maximum absolute atomic E-state index is 13.9. The molecule has 0 N–H and O–H groups in total. The molecule has 0 spiro atoms. The third-order valence-corrected chi connectivity index (χ3v) is 5.61. The number of rotatable bonds is 6. The number of carbonyl (C=O) groups is 2. The fourth-order valence-corrected chi connectivity index (χ4v) is 4.02. The van der Waals surface area contributed by atoms with Gasteiger partial charge in [-0.1, -0.05) is 18.9 Å². The summed E-state index contributed by atoms with van der Waals surface area (Å²) in [7, 11) is 3.29. The van der Waals surface area contributed by atoms with Gasteiger partial charge in [-0.15, -0.1) is 0 Å². The molecule has 0 unspecified atom stereocenters. The van der Waals surface area contributed by atoms with Crippen LogP contribution in [-0.4, -0.2) is 36.9 Å². The molecule has 0 bridgehead atoms. The zero-order valence-corrected chi connectivity index (χ0v) is 18.3. The van der Waals surface area contributed by atoms with Crippen LogP contribution in [0.3, 0.4) is 0 Å². The maximum Gasteiger partial charge on any atom is 0.267 e. The second-order valence-corrected chi connectivity index (χ2v) is 8.13. The van der Waals surface area contributed by atoms with Crippen LogP contribution in [0.2, 0.25) is 0 Å². The highest BCUT2D eigenvalue weighted by Crippen LogP contribution is 2.38. The van der Waals surface area contributed by atoms with Crippen LogP contribution in [0.1, 0.15) is 60.5 Å². The summed E-state index contributed by atoms with van der Waals surface area (Å²) in [5.74, 6) is -0.0577. The van der Waals surface area contributed by atoms with Gasteiger partial charge in [-0.2, -0.15) is 0 Å². The normalized spacial score (nSPS) is 14.0. The molecule has 1 aliphatic rings. The number of benzene rings is 2. The van der Waals surface area contributed by atoms with Gasteiger partial charge in [0, 0.05) is 38.3 Å². The zero-order valence-electron chi connectivity index (χ0n) is 18.3. The molecule has 2 aromatic rings. The van der Waals surface area contributed by atoms with Crippen LogP contribution in [-0.2, 0) is 4.79 Å². The number of aryl methyl sites for hydroxylation is 1. The number of amides is 2. The van der Waals surface area contributed by atoms with E-state index in [4.69, 9.17) is 4.74 Å². The summed E-state index contributed by atoms with van der Waals surface area (Å²) in [6.07, 6.45) is 1.01. The summed E-state index contributed by atoms with van der Waals surface area (Å²) in [5, 5.41) is 0. The molecular weight excluding hydrogens is 402 g/mol. The van der Waals surface area contributed by atoms with Crippen molar-refractivity contribution >= 4 is 17.5 Å². The van der Waals surface area contributed by atoms with Crippen LogP contribution < -0.4 is 9.64 Å². The lowest BCUT2D eigenvalue weighted by atomic mass is 10.1. The van der Waals surface area contributed by atoms with Gasteiger partial charge in [0.2, 0.25) is 5.91 Å². The zero-order chi connectivity index (χ0) is 22.7. The Morgan fingerprint density at radius 2 is 1.74 bits per heavy atom. The van der Waals surface area contributed by atoms with E-state index in [0.717, 1.165) is 31.2 Å². The summed E-state index contributed by atoms with van der Waals surface area (Å²) in [6, 6.07) is 9.40. The van der Waals surface area contributed by atoms with Crippen molar-refractivity contribution in [3.8, 4) is 11.5 Å². The third-order valence-electron chi connectivity index (χ3n) is 5.61. The fourth-order valence-electron chi connectivity index (χ4n) is 4.02. The van der Waals surface area contributed by atoms with E-state index in [1.54, 1.807) is 50.2 Å². The molecule has 5 nitrogen and oxygen atoms in total. The number of hydrogen-bond acceptors (Lipinski definition) is 3. The molecule has 0 heterocycles. The largest absolute Gasteiger partial charge is 0.457 e. The number of nitrogens with zero attached hydrogens (tertiary/aromatic N) is 2. The Hall–Kier alpha value is -2.96. The standard InChI is InChI=1S/C24H28F2N2O3/c1-15-9-11-19(14-20(15)24(30)27(3)4)31-22-12-10-18(13-21(22)23(25)26)28(16(2)29)17-7-5-6-8-17/h9-14,17,23H,5-8H2,1-4H3. The fraction of sp³-hybridized carbons (Fsp3) is 0.417. The molecule has 0 radical (unpaired) electrons. The average molecular weight is 430 g/mol. The van der Waals surface area contributed by atoms with Gasteiger partial charge in [0.1, 0.15) is 11.5 Å². The van der Waals surface area contributed by atoms with Crippen molar-refractivity contribution < 1.29 is 23.1 Å². The SMILES string of the molecule is CC(=O)N(c1ccc(Oc2ccc(C)c(C(=O)N(C)C)c2)c(C(F)F)c1)C1CCCC1. The number of alkyl halides is 2. The van der Waals surface area contributed by atoms with E-state index in [-0.39, 0.29) is 29.2 Å². The van der Waals surface area contributed by atoms with Gasteiger partial charge in [-0.3, -0.25) is 9.59 Å². The van der Waals surface area contributed by atoms with Gasteiger partial charge < -0.3 is 14.5 Å². The maximum atomic E-state index is 13.9. The van der Waals surface area contributed by atoms with Crippen molar-refractivity contribution in [3.63, 3.8) is 0 Å². The molecule has 3 rings (SSSR count). The van der Waals surface area contributed by atoms with Gasteiger partial charge in [0.25, 0.3) is 12.3 Å². The minimum absolute atomic E-state index is 0.000721. The Kier molecular flexibility index (Phi) is 6.93. The molecule has 0 aromatic heterocycles. The summed E-state index contributed by atoms with van der Waals surface area (Å²) in [4.78, 5) is 27.7. The van der Waals surface area contributed by atoms with Crippen molar-refractivity contribution in [2.45, 2.75) is 52.0 Å². The highest BCUT2D eigenvalue weighted by molar-refractivity contribution is 5.95. The first-order valence-electron chi connectivity index (χ1n) is 10.4. The lowest BCUT2D eigenvalue weighted by Crippen LogP contribution is -2.37.